The van der Waals surface area contributed by atoms with E-state index in [1.165, 1.54) is 109 Å². The Balaban J connectivity index is 3.71. The number of amides is 1. The zero-order valence-electron chi connectivity index (χ0n) is 39.6. The number of phosphoric acid groups is 1. The van der Waals surface area contributed by atoms with Gasteiger partial charge in [0.2, 0.25) is 5.91 Å². The molecule has 0 bridgehead atoms. The third kappa shape index (κ3) is 44.3. The number of quaternary nitrogens is 1. The Kier molecular flexibility index (Phi) is 41.2. The van der Waals surface area contributed by atoms with Gasteiger partial charge in [-0.1, -0.05) is 203 Å². The molecule has 350 valence electrons. The van der Waals surface area contributed by atoms with Crippen LogP contribution >= 0.6 is 7.82 Å². The number of aliphatic hydroxyl groups excluding tert-OH is 1. The van der Waals surface area contributed by atoms with Gasteiger partial charge in [0.15, 0.2) is 0 Å². The van der Waals surface area contributed by atoms with E-state index in [1.807, 2.05) is 21.1 Å². The zero-order valence-corrected chi connectivity index (χ0v) is 40.5. The lowest BCUT2D eigenvalue weighted by Crippen LogP contribution is -2.46. The summed E-state index contributed by atoms with van der Waals surface area (Å²) in [6.07, 6.45) is 56.4. The number of hydrogen-bond acceptors (Lipinski definition) is 6. The van der Waals surface area contributed by atoms with Gasteiger partial charge in [-0.05, 0) is 57.8 Å². The van der Waals surface area contributed by atoms with Gasteiger partial charge < -0.3 is 28.8 Å². The highest BCUT2D eigenvalue weighted by Gasteiger charge is 2.24. The molecule has 0 saturated carbocycles. The summed E-state index contributed by atoms with van der Waals surface area (Å²) in [6.45, 7) is 4.43. The number of carbonyl (C=O) groups is 1. The minimum absolute atomic E-state index is 0.0101. The van der Waals surface area contributed by atoms with Crippen molar-refractivity contribution in [3.05, 3.63) is 60.8 Å². The van der Waals surface area contributed by atoms with Gasteiger partial charge in [-0.25, -0.2) is 0 Å². The van der Waals surface area contributed by atoms with E-state index in [4.69, 9.17) is 9.05 Å². The number of nitrogens with zero attached hydrogens (tertiary/aromatic N) is 1. The summed E-state index contributed by atoms with van der Waals surface area (Å²) in [5, 5.41) is 13.6. The highest BCUT2D eigenvalue weighted by molar-refractivity contribution is 7.45. The molecule has 1 amide bonds. The first-order valence-corrected chi connectivity index (χ1v) is 26.1. The van der Waals surface area contributed by atoms with Crippen LogP contribution in [-0.2, 0) is 18.4 Å². The molecule has 0 spiro atoms. The molecule has 0 aromatic rings. The molecular weight excluding hydrogens is 768 g/mol. The Morgan fingerprint density at radius 1 is 0.600 bits per heavy atom. The second kappa shape index (κ2) is 42.5. The standard InChI is InChI=1S/C51H95N2O6P/c1-6-8-10-11-12-13-14-15-16-17-18-19-20-21-22-23-24-25-26-27-28-29-30-31-32-33-34-35-36-37-38-39-40-41-43-45-51(55)52-49(50(54)44-42-9-7-2)48-59-60(56,57)58-47-46-53(3,4)5/h8,10,12-13,15-16,18-19,21-22,49-50,54H,6-7,9,11,14,17,20,23-48H2,1-5H3,(H-,52,55,56,57)/b10-8-,13-12-,16-15-,19-18-,22-21-. The second-order valence-corrected chi connectivity index (χ2v) is 19.2. The van der Waals surface area contributed by atoms with Crippen LogP contribution in [0.3, 0.4) is 0 Å². The third-order valence-electron chi connectivity index (χ3n) is 10.8. The summed E-state index contributed by atoms with van der Waals surface area (Å²) in [6, 6.07) is -0.795. The maximum atomic E-state index is 12.7. The molecule has 2 N–H and O–H groups in total. The first-order chi connectivity index (χ1) is 29.0. The summed E-state index contributed by atoms with van der Waals surface area (Å²) in [5.74, 6) is -0.177. The topological polar surface area (TPSA) is 108 Å². The quantitative estimate of drug-likeness (QED) is 0.0273. The van der Waals surface area contributed by atoms with E-state index < -0.39 is 20.0 Å². The Morgan fingerprint density at radius 2 is 1.02 bits per heavy atom. The predicted octanol–water partition coefficient (Wildman–Crippen LogP) is 13.6. The number of aliphatic hydroxyl groups is 1. The predicted molar refractivity (Wildman–Crippen MR) is 256 cm³/mol. The fraction of sp³-hybridized carbons (Fsp3) is 0.784. The highest BCUT2D eigenvalue weighted by Crippen LogP contribution is 2.38. The maximum Gasteiger partial charge on any atom is 0.268 e. The molecule has 0 rings (SSSR count). The smallest absolute Gasteiger partial charge is 0.268 e. The minimum atomic E-state index is -4.54. The van der Waals surface area contributed by atoms with Crippen LogP contribution in [-0.4, -0.2) is 68.5 Å². The molecule has 0 saturated heterocycles. The number of rotatable bonds is 44. The Bertz CT molecular complexity index is 1160. The van der Waals surface area contributed by atoms with Gasteiger partial charge in [-0.2, -0.15) is 0 Å². The SMILES string of the molecule is CC/C=C\C/C=C\C/C=C\C/C=C\C/C=C\CCCCCCCCCCCCCCCCCCCCCC(=O)NC(COP(=O)([O-])OCC[N+](C)(C)C)C(O)CCCCC. The molecule has 0 aliphatic rings. The highest BCUT2D eigenvalue weighted by atomic mass is 31.2. The fourth-order valence-electron chi connectivity index (χ4n) is 6.89. The van der Waals surface area contributed by atoms with Crippen molar-refractivity contribution in [3.8, 4) is 0 Å². The van der Waals surface area contributed by atoms with Crippen LogP contribution in [0.25, 0.3) is 0 Å². The molecule has 9 heteroatoms. The van der Waals surface area contributed by atoms with Crippen molar-refractivity contribution in [1.29, 1.82) is 0 Å². The molecule has 0 heterocycles. The van der Waals surface area contributed by atoms with Crippen LogP contribution in [0.2, 0.25) is 0 Å². The maximum absolute atomic E-state index is 12.7. The molecule has 3 unspecified atom stereocenters. The summed E-state index contributed by atoms with van der Waals surface area (Å²) in [7, 11) is 1.30. The van der Waals surface area contributed by atoms with E-state index in [-0.39, 0.29) is 19.1 Å². The summed E-state index contributed by atoms with van der Waals surface area (Å²) >= 11 is 0. The minimum Gasteiger partial charge on any atom is -0.756 e. The van der Waals surface area contributed by atoms with Crippen molar-refractivity contribution < 1.29 is 32.9 Å². The average Bonchev–Trinajstić information content (AvgIpc) is 3.20. The molecule has 3 atom stereocenters. The van der Waals surface area contributed by atoms with E-state index in [9.17, 15) is 19.4 Å². The van der Waals surface area contributed by atoms with Crippen molar-refractivity contribution >= 4 is 13.7 Å². The van der Waals surface area contributed by atoms with Crippen molar-refractivity contribution in [2.24, 2.45) is 0 Å². The first kappa shape index (κ1) is 58.2. The van der Waals surface area contributed by atoms with Crippen molar-refractivity contribution in [2.45, 2.75) is 219 Å². The molecule has 8 nitrogen and oxygen atoms in total. The summed E-state index contributed by atoms with van der Waals surface area (Å²) < 4.78 is 23.0. The van der Waals surface area contributed by atoms with Crippen LogP contribution in [0.5, 0.6) is 0 Å². The van der Waals surface area contributed by atoms with E-state index in [2.05, 4.69) is 79.9 Å². The molecule has 0 aliphatic carbocycles. The molecule has 60 heavy (non-hydrogen) atoms. The fourth-order valence-corrected chi connectivity index (χ4v) is 7.61. The van der Waals surface area contributed by atoms with Gasteiger partial charge in [-0.15, -0.1) is 0 Å². The van der Waals surface area contributed by atoms with E-state index >= 15 is 0 Å². The van der Waals surface area contributed by atoms with E-state index in [0.717, 1.165) is 70.6 Å². The largest absolute Gasteiger partial charge is 0.756 e. The van der Waals surface area contributed by atoms with Crippen LogP contribution in [0.4, 0.5) is 0 Å². The normalized spacial score (nSPS) is 14.7. The molecule has 0 radical (unpaired) electrons. The second-order valence-electron chi connectivity index (χ2n) is 17.8. The monoisotopic (exact) mass is 863 g/mol. The number of hydrogen-bond donors (Lipinski definition) is 2. The van der Waals surface area contributed by atoms with Crippen LogP contribution in [0, 0.1) is 0 Å². The van der Waals surface area contributed by atoms with Crippen molar-refractivity contribution in [2.75, 3.05) is 40.9 Å². The Hall–Kier alpha value is -1.80. The van der Waals surface area contributed by atoms with Crippen molar-refractivity contribution in [1.82, 2.24) is 5.32 Å². The number of unbranched alkanes of at least 4 members (excludes halogenated alkanes) is 21. The van der Waals surface area contributed by atoms with Gasteiger partial charge in [0.1, 0.15) is 13.2 Å². The summed E-state index contributed by atoms with van der Waals surface area (Å²) in [4.78, 5) is 25.0. The molecule has 0 aliphatic heterocycles. The van der Waals surface area contributed by atoms with Crippen LogP contribution < -0.4 is 10.2 Å². The third-order valence-corrected chi connectivity index (χ3v) is 11.7. The van der Waals surface area contributed by atoms with Gasteiger partial charge in [0.25, 0.3) is 7.82 Å². The van der Waals surface area contributed by atoms with Crippen LogP contribution in [0.1, 0.15) is 206 Å². The number of phosphoric ester groups is 1. The molecule has 0 aromatic heterocycles. The number of nitrogens with one attached hydrogen (secondary N) is 1. The average molecular weight is 863 g/mol. The van der Waals surface area contributed by atoms with Gasteiger partial charge in [0, 0.05) is 6.42 Å². The lowest BCUT2D eigenvalue weighted by atomic mass is 10.0. The molecular formula is C51H95N2O6P. The van der Waals surface area contributed by atoms with Crippen molar-refractivity contribution in [3.63, 3.8) is 0 Å². The first-order valence-electron chi connectivity index (χ1n) is 24.6. The molecule has 0 fully saturated rings. The lowest BCUT2D eigenvalue weighted by Gasteiger charge is -2.30. The number of allylic oxidation sites excluding steroid dienone is 10. The van der Waals surface area contributed by atoms with Gasteiger partial charge in [0.05, 0.1) is 39.9 Å². The van der Waals surface area contributed by atoms with Gasteiger partial charge >= 0.3 is 0 Å². The number of carbonyl (C=O) groups excluding carboxylic acids is 1. The van der Waals surface area contributed by atoms with E-state index in [1.54, 1.807) is 0 Å². The Morgan fingerprint density at radius 3 is 1.45 bits per heavy atom. The lowest BCUT2D eigenvalue weighted by molar-refractivity contribution is -0.870. The number of likely N-dealkylation sites (N-methyl/N-ethyl adjacent to an activating group) is 1. The zero-order chi connectivity index (χ0) is 44.3. The van der Waals surface area contributed by atoms with Gasteiger partial charge in [-0.3, -0.25) is 9.36 Å². The van der Waals surface area contributed by atoms with E-state index in [0.29, 0.717) is 23.9 Å². The van der Waals surface area contributed by atoms with Crippen LogP contribution in [0.15, 0.2) is 60.8 Å². The summed E-state index contributed by atoms with van der Waals surface area (Å²) in [5.41, 5.74) is 0. The Labute approximate surface area is 371 Å². The molecule has 0 aromatic carbocycles.